The molecule has 2 aromatic carbocycles. The minimum atomic E-state index is -0.816. The van der Waals surface area contributed by atoms with E-state index in [1.54, 1.807) is 4.90 Å². The molecule has 0 aromatic heterocycles. The fraction of sp³-hybridized carbons (Fsp3) is 0.440. The topological polar surface area (TPSA) is 86.1 Å². The van der Waals surface area contributed by atoms with Gasteiger partial charge in [0.15, 0.2) is 5.78 Å². The Morgan fingerprint density at radius 1 is 1.06 bits per heavy atom. The van der Waals surface area contributed by atoms with Crippen LogP contribution in [0.4, 0.5) is 0 Å². The summed E-state index contributed by atoms with van der Waals surface area (Å²) in [6, 6.07) is 19.1. The Labute approximate surface area is 183 Å². The van der Waals surface area contributed by atoms with E-state index >= 15 is 0 Å². The highest BCUT2D eigenvalue weighted by Gasteiger charge is 2.39. The van der Waals surface area contributed by atoms with E-state index in [4.69, 9.17) is 5.53 Å². The fourth-order valence-electron chi connectivity index (χ4n) is 4.13. The van der Waals surface area contributed by atoms with Gasteiger partial charge in [-0.25, -0.2) is 0 Å². The second-order valence-corrected chi connectivity index (χ2v) is 9.28. The summed E-state index contributed by atoms with van der Waals surface area (Å²) in [6.07, 6.45) is 1.80. The van der Waals surface area contributed by atoms with Crippen LogP contribution in [-0.2, 0) is 16.0 Å². The number of likely N-dealkylation sites (tertiary alicyclic amines) is 1. The summed E-state index contributed by atoms with van der Waals surface area (Å²) in [6.45, 7) is 5.61. The van der Waals surface area contributed by atoms with E-state index < -0.39 is 11.5 Å². The van der Waals surface area contributed by atoms with Gasteiger partial charge in [0.2, 0.25) is 5.91 Å². The Morgan fingerprint density at radius 2 is 1.68 bits per heavy atom. The zero-order chi connectivity index (χ0) is 22.4. The van der Waals surface area contributed by atoms with E-state index in [1.807, 2.05) is 69.3 Å². The Bertz CT molecular complexity index is 946. The molecular formula is C25H30N4O2. The zero-order valence-corrected chi connectivity index (χ0v) is 18.4. The van der Waals surface area contributed by atoms with Crippen LogP contribution in [0.15, 0.2) is 65.8 Å². The molecule has 0 spiro atoms. The average molecular weight is 419 g/mol. The lowest BCUT2D eigenvalue weighted by atomic mass is 9.86. The van der Waals surface area contributed by atoms with Crippen LogP contribution in [0.1, 0.15) is 50.7 Å². The summed E-state index contributed by atoms with van der Waals surface area (Å²) in [5, 5.41) is 3.84. The first-order chi connectivity index (χ1) is 14.8. The zero-order valence-electron chi connectivity index (χ0n) is 18.4. The Balaban J connectivity index is 2.01. The third-order valence-corrected chi connectivity index (χ3v) is 6.00. The predicted octanol–water partition coefficient (Wildman–Crippen LogP) is 5.30. The van der Waals surface area contributed by atoms with Gasteiger partial charge < -0.3 is 4.90 Å². The van der Waals surface area contributed by atoms with Gasteiger partial charge in [0, 0.05) is 16.4 Å². The number of Topliss-reactive ketones (excluding diaryl/α,β-unsaturated/α-hetero) is 1. The molecule has 0 aliphatic carbocycles. The molecule has 6 heteroatoms. The maximum atomic E-state index is 13.5. The monoisotopic (exact) mass is 418 g/mol. The molecule has 1 aliphatic heterocycles. The molecule has 0 radical (unpaired) electrons. The highest BCUT2D eigenvalue weighted by Crippen LogP contribution is 2.35. The van der Waals surface area contributed by atoms with Crippen LogP contribution in [0.5, 0.6) is 0 Å². The molecule has 6 nitrogen and oxygen atoms in total. The Kier molecular flexibility index (Phi) is 7.13. The number of carbonyl (C=O) groups excluding carboxylic acids is 2. The lowest BCUT2D eigenvalue weighted by molar-refractivity contribution is -0.140. The van der Waals surface area contributed by atoms with Gasteiger partial charge in [-0.1, -0.05) is 86.5 Å². The molecule has 0 saturated carbocycles. The van der Waals surface area contributed by atoms with Gasteiger partial charge in [-0.05, 0) is 41.8 Å². The molecule has 1 aliphatic rings. The summed E-state index contributed by atoms with van der Waals surface area (Å²) < 4.78 is 0. The number of benzene rings is 2. The molecule has 31 heavy (non-hydrogen) atoms. The van der Waals surface area contributed by atoms with Gasteiger partial charge in [0.1, 0.15) is 6.04 Å². The second-order valence-electron chi connectivity index (χ2n) is 9.28. The van der Waals surface area contributed by atoms with Gasteiger partial charge in [-0.15, -0.1) is 0 Å². The van der Waals surface area contributed by atoms with Crippen LogP contribution >= 0.6 is 0 Å². The van der Waals surface area contributed by atoms with Crippen LogP contribution in [0.2, 0.25) is 0 Å². The van der Waals surface area contributed by atoms with E-state index in [-0.39, 0.29) is 30.2 Å². The van der Waals surface area contributed by atoms with E-state index in [0.29, 0.717) is 19.3 Å². The molecule has 3 unspecified atom stereocenters. The Morgan fingerprint density at radius 3 is 2.26 bits per heavy atom. The van der Waals surface area contributed by atoms with Gasteiger partial charge in [-0.3, -0.25) is 9.59 Å². The van der Waals surface area contributed by atoms with Gasteiger partial charge in [-0.2, -0.15) is 0 Å². The second kappa shape index (κ2) is 9.80. The van der Waals surface area contributed by atoms with Crippen molar-refractivity contribution in [3.05, 3.63) is 82.2 Å². The van der Waals surface area contributed by atoms with E-state index in [9.17, 15) is 9.59 Å². The molecule has 3 atom stereocenters. The van der Waals surface area contributed by atoms with Crippen molar-refractivity contribution in [3.8, 4) is 0 Å². The van der Waals surface area contributed by atoms with E-state index in [1.165, 1.54) is 0 Å². The maximum absolute atomic E-state index is 13.5. The molecule has 1 heterocycles. The molecule has 2 aromatic rings. The number of carbonyl (C=O) groups is 2. The number of amides is 1. The smallest absolute Gasteiger partial charge is 0.232 e. The van der Waals surface area contributed by atoms with Crippen LogP contribution < -0.4 is 0 Å². The van der Waals surface area contributed by atoms with Crippen molar-refractivity contribution in [3.63, 3.8) is 0 Å². The van der Waals surface area contributed by atoms with Crippen molar-refractivity contribution in [2.24, 2.45) is 10.5 Å². The summed E-state index contributed by atoms with van der Waals surface area (Å²) in [5.41, 5.74) is 10.8. The van der Waals surface area contributed by atoms with Crippen molar-refractivity contribution < 1.29 is 9.59 Å². The van der Waals surface area contributed by atoms with Crippen LogP contribution in [0.3, 0.4) is 0 Å². The summed E-state index contributed by atoms with van der Waals surface area (Å²) in [5.74, 6) is -0.198. The van der Waals surface area contributed by atoms with E-state index in [0.717, 1.165) is 11.1 Å². The van der Waals surface area contributed by atoms with Crippen LogP contribution in [-0.4, -0.2) is 35.2 Å². The highest BCUT2D eigenvalue weighted by molar-refractivity contribution is 5.91. The highest BCUT2D eigenvalue weighted by atomic mass is 16.2. The van der Waals surface area contributed by atoms with E-state index in [2.05, 4.69) is 22.2 Å². The summed E-state index contributed by atoms with van der Waals surface area (Å²) in [7, 11) is 0. The normalized spacial score (nSPS) is 21.8. The minimum Gasteiger partial charge on any atom is -0.332 e. The van der Waals surface area contributed by atoms with Crippen molar-refractivity contribution in [2.75, 3.05) is 6.54 Å². The SMILES string of the molecule is CC(C)(C)C(=O)CN1C(=O)C(N=[N+]=[N-])CC(c2ccccc2)CC1Cc1ccccc1. The van der Waals surface area contributed by atoms with Crippen molar-refractivity contribution in [2.45, 2.75) is 58.0 Å². The standard InChI is InChI=1S/C25H30N4O2/c1-25(2,3)23(30)17-29-21(14-18-10-6-4-7-11-18)15-20(19-12-8-5-9-13-19)16-22(24(29)31)27-28-26/h4-13,20-22H,14-17H2,1-3H3. The largest absolute Gasteiger partial charge is 0.332 e. The average Bonchev–Trinajstić information content (AvgIpc) is 2.87. The quantitative estimate of drug-likeness (QED) is 0.362. The maximum Gasteiger partial charge on any atom is 0.232 e. The van der Waals surface area contributed by atoms with Crippen LogP contribution in [0.25, 0.3) is 10.4 Å². The van der Waals surface area contributed by atoms with Crippen LogP contribution in [0, 0.1) is 5.41 Å². The molecule has 0 N–H and O–H groups in total. The fourth-order valence-corrected chi connectivity index (χ4v) is 4.13. The first-order valence-corrected chi connectivity index (χ1v) is 10.8. The predicted molar refractivity (Wildman–Crippen MR) is 121 cm³/mol. The van der Waals surface area contributed by atoms with Crippen molar-refractivity contribution >= 4 is 11.7 Å². The lowest BCUT2D eigenvalue weighted by Gasteiger charge is -2.33. The molecular weight excluding hydrogens is 388 g/mol. The number of ketones is 1. The number of azide groups is 1. The lowest BCUT2D eigenvalue weighted by Crippen LogP contribution is -2.48. The summed E-state index contributed by atoms with van der Waals surface area (Å²) >= 11 is 0. The molecule has 1 fully saturated rings. The number of rotatable bonds is 6. The molecule has 162 valence electrons. The molecule has 0 bridgehead atoms. The van der Waals surface area contributed by atoms with Gasteiger partial charge >= 0.3 is 0 Å². The molecule has 1 amide bonds. The summed E-state index contributed by atoms with van der Waals surface area (Å²) in [4.78, 5) is 31.0. The third kappa shape index (κ3) is 5.74. The minimum absolute atomic E-state index is 0.00300. The molecule has 3 rings (SSSR count). The van der Waals surface area contributed by atoms with Gasteiger partial charge in [0.25, 0.3) is 0 Å². The number of hydrogen-bond donors (Lipinski definition) is 0. The number of nitrogens with zero attached hydrogens (tertiary/aromatic N) is 4. The number of hydrogen-bond acceptors (Lipinski definition) is 3. The first-order valence-electron chi connectivity index (χ1n) is 10.8. The van der Waals surface area contributed by atoms with Crippen molar-refractivity contribution in [1.29, 1.82) is 0 Å². The Hall–Kier alpha value is -3.11. The van der Waals surface area contributed by atoms with Crippen molar-refractivity contribution in [1.82, 2.24) is 4.90 Å². The first kappa shape index (κ1) is 22.6. The van der Waals surface area contributed by atoms with Gasteiger partial charge in [0.05, 0.1) is 6.54 Å². The third-order valence-electron chi connectivity index (χ3n) is 6.00. The molecule has 1 saturated heterocycles.